The predicted molar refractivity (Wildman–Crippen MR) is 81.6 cm³/mol. The van der Waals surface area contributed by atoms with Gasteiger partial charge in [0.05, 0.1) is 10.5 Å². The maximum Gasteiger partial charge on any atom is 0.226 e. The van der Waals surface area contributed by atoms with Gasteiger partial charge in [0.2, 0.25) is 10.6 Å². The smallest absolute Gasteiger partial charge is 0.226 e. The minimum atomic E-state index is 0.116. The van der Waals surface area contributed by atoms with Gasteiger partial charge in [-0.15, -0.1) is 0 Å². The number of nitrogens with zero attached hydrogens (tertiary/aromatic N) is 4. The number of hydrogen-bond acceptors (Lipinski definition) is 4. The Labute approximate surface area is 134 Å². The van der Waals surface area contributed by atoms with Gasteiger partial charge < -0.3 is 0 Å². The number of pyridine rings is 1. The fourth-order valence-electron chi connectivity index (χ4n) is 1.34. The van der Waals surface area contributed by atoms with Crippen LogP contribution in [0, 0.1) is 0 Å². The molecule has 0 amide bonds. The highest BCUT2D eigenvalue weighted by atomic mass is 35.5. The second-order valence-corrected chi connectivity index (χ2v) is 5.00. The largest absolute Gasteiger partial charge is 0.256 e. The number of hydrogen-bond donors (Lipinski definition) is 0. The normalized spacial score (nSPS) is 10.0. The molecule has 0 aliphatic carbocycles. The lowest BCUT2D eigenvalue weighted by Gasteiger charge is -1.98. The summed E-state index contributed by atoms with van der Waals surface area (Å²) in [5, 5.41) is 2.55. The molecule has 3 rings (SSSR count). The fraction of sp³-hybridized carbons (Fsp3) is 0. The van der Waals surface area contributed by atoms with Gasteiger partial charge in [-0.3, -0.25) is 4.98 Å². The standard InChI is InChI=1S/C9H5Cl2N.C3HCl2N3/c10-6-1-2-7-8(11)3-4-12-9(7)5-6;4-2-6-1-7-3(5)8-2/h1-5H;1H. The third-order valence-corrected chi connectivity index (χ3v) is 3.09. The van der Waals surface area contributed by atoms with Crippen LogP contribution >= 0.6 is 46.4 Å². The number of halogens is 4. The van der Waals surface area contributed by atoms with E-state index in [9.17, 15) is 0 Å². The van der Waals surface area contributed by atoms with Crippen molar-refractivity contribution in [1.82, 2.24) is 19.9 Å². The van der Waals surface area contributed by atoms with Gasteiger partial charge in [-0.1, -0.05) is 23.2 Å². The molecule has 3 aromatic rings. The van der Waals surface area contributed by atoms with Crippen LogP contribution in [-0.4, -0.2) is 19.9 Å². The van der Waals surface area contributed by atoms with E-state index < -0.39 is 0 Å². The van der Waals surface area contributed by atoms with Gasteiger partial charge in [-0.25, -0.2) is 9.97 Å². The molecule has 0 saturated carbocycles. The Morgan fingerprint density at radius 3 is 2.10 bits per heavy atom. The van der Waals surface area contributed by atoms with E-state index in [0.717, 1.165) is 10.9 Å². The summed E-state index contributed by atoms with van der Waals surface area (Å²) in [6, 6.07) is 7.23. The Kier molecular flexibility index (Phi) is 5.31. The molecule has 20 heavy (non-hydrogen) atoms. The zero-order valence-corrected chi connectivity index (χ0v) is 12.8. The Hall–Kier alpha value is -1.20. The molecule has 0 aliphatic heterocycles. The van der Waals surface area contributed by atoms with Crippen LogP contribution in [-0.2, 0) is 0 Å². The third kappa shape index (κ3) is 4.15. The van der Waals surface area contributed by atoms with E-state index in [1.165, 1.54) is 6.33 Å². The minimum Gasteiger partial charge on any atom is -0.256 e. The summed E-state index contributed by atoms with van der Waals surface area (Å²) in [6.45, 7) is 0. The Bertz CT molecular complexity index is 718. The molecule has 0 bridgehead atoms. The molecule has 1 aromatic carbocycles. The molecule has 2 aromatic heterocycles. The monoisotopic (exact) mass is 346 g/mol. The maximum absolute atomic E-state index is 5.93. The van der Waals surface area contributed by atoms with E-state index in [4.69, 9.17) is 46.4 Å². The summed E-state index contributed by atoms with van der Waals surface area (Å²) in [5.74, 6) is 0. The van der Waals surface area contributed by atoms with E-state index in [0.29, 0.717) is 10.0 Å². The maximum atomic E-state index is 5.93. The van der Waals surface area contributed by atoms with E-state index in [-0.39, 0.29) is 10.6 Å². The quantitative estimate of drug-likeness (QED) is 0.590. The van der Waals surface area contributed by atoms with Crippen molar-refractivity contribution in [1.29, 1.82) is 0 Å². The Morgan fingerprint density at radius 2 is 1.50 bits per heavy atom. The average molecular weight is 348 g/mol. The molecule has 0 spiro atoms. The molecule has 0 aliphatic rings. The van der Waals surface area contributed by atoms with Crippen LogP contribution in [0.2, 0.25) is 20.6 Å². The van der Waals surface area contributed by atoms with Gasteiger partial charge in [-0.05, 0) is 47.5 Å². The van der Waals surface area contributed by atoms with Crippen LogP contribution in [0.5, 0.6) is 0 Å². The van der Waals surface area contributed by atoms with Crippen molar-refractivity contribution < 1.29 is 0 Å². The zero-order valence-electron chi connectivity index (χ0n) is 9.76. The van der Waals surface area contributed by atoms with Gasteiger partial charge in [0.15, 0.2) is 0 Å². The molecule has 0 unspecified atom stereocenters. The van der Waals surface area contributed by atoms with Crippen molar-refractivity contribution in [2.45, 2.75) is 0 Å². The van der Waals surface area contributed by atoms with Gasteiger partial charge >= 0.3 is 0 Å². The van der Waals surface area contributed by atoms with E-state index in [1.54, 1.807) is 24.4 Å². The lowest BCUT2D eigenvalue weighted by Crippen LogP contribution is -1.83. The van der Waals surface area contributed by atoms with Crippen LogP contribution in [0.4, 0.5) is 0 Å². The predicted octanol–water partition coefficient (Wildman–Crippen LogP) is 4.72. The second kappa shape index (κ2) is 6.99. The van der Waals surface area contributed by atoms with Crippen molar-refractivity contribution in [2.24, 2.45) is 0 Å². The van der Waals surface area contributed by atoms with Gasteiger partial charge in [0.1, 0.15) is 6.33 Å². The van der Waals surface area contributed by atoms with Crippen LogP contribution in [0.1, 0.15) is 0 Å². The molecule has 0 atom stereocenters. The Balaban J connectivity index is 0.000000160. The van der Waals surface area contributed by atoms with Crippen molar-refractivity contribution in [2.75, 3.05) is 0 Å². The third-order valence-electron chi connectivity index (χ3n) is 2.16. The molecule has 0 saturated heterocycles. The van der Waals surface area contributed by atoms with Crippen molar-refractivity contribution in [3.8, 4) is 0 Å². The topological polar surface area (TPSA) is 51.6 Å². The van der Waals surface area contributed by atoms with Crippen molar-refractivity contribution in [3.63, 3.8) is 0 Å². The summed E-state index contributed by atoms with van der Waals surface area (Å²) in [4.78, 5) is 14.6. The molecule has 4 nitrogen and oxygen atoms in total. The highest BCUT2D eigenvalue weighted by Gasteiger charge is 1.98. The van der Waals surface area contributed by atoms with Crippen LogP contribution < -0.4 is 0 Å². The van der Waals surface area contributed by atoms with Gasteiger partial charge in [0.25, 0.3) is 0 Å². The molecule has 0 N–H and O–H groups in total. The lowest BCUT2D eigenvalue weighted by atomic mass is 10.2. The van der Waals surface area contributed by atoms with Crippen molar-refractivity contribution in [3.05, 3.63) is 57.4 Å². The molecule has 0 radical (unpaired) electrons. The highest BCUT2D eigenvalue weighted by molar-refractivity contribution is 6.36. The van der Waals surface area contributed by atoms with Gasteiger partial charge in [-0.2, -0.15) is 4.98 Å². The molecular weight excluding hydrogens is 342 g/mol. The van der Waals surface area contributed by atoms with Crippen LogP contribution in [0.15, 0.2) is 36.8 Å². The first-order valence-electron chi connectivity index (χ1n) is 5.26. The lowest BCUT2D eigenvalue weighted by molar-refractivity contribution is 1.05. The number of benzene rings is 1. The SMILES string of the molecule is Clc1ccc2c(Cl)ccnc2c1.Clc1ncnc(Cl)n1. The fourth-order valence-corrected chi connectivity index (χ4v) is 2.02. The molecule has 102 valence electrons. The van der Waals surface area contributed by atoms with Crippen molar-refractivity contribution >= 4 is 57.3 Å². The Morgan fingerprint density at radius 1 is 0.800 bits per heavy atom. The average Bonchev–Trinajstić information content (AvgIpc) is 2.39. The summed E-state index contributed by atoms with van der Waals surface area (Å²) in [6.07, 6.45) is 2.92. The summed E-state index contributed by atoms with van der Waals surface area (Å²) in [7, 11) is 0. The molecule has 0 fully saturated rings. The summed E-state index contributed by atoms with van der Waals surface area (Å²) in [5.41, 5.74) is 0.829. The zero-order chi connectivity index (χ0) is 14.5. The minimum absolute atomic E-state index is 0.116. The van der Waals surface area contributed by atoms with E-state index in [1.807, 2.05) is 6.07 Å². The van der Waals surface area contributed by atoms with Crippen LogP contribution in [0.25, 0.3) is 10.9 Å². The first-order valence-corrected chi connectivity index (χ1v) is 6.77. The number of aromatic nitrogens is 4. The first kappa shape index (κ1) is 15.2. The van der Waals surface area contributed by atoms with E-state index in [2.05, 4.69) is 19.9 Å². The first-order chi connectivity index (χ1) is 9.56. The van der Waals surface area contributed by atoms with Gasteiger partial charge in [0, 0.05) is 16.6 Å². The van der Waals surface area contributed by atoms with E-state index >= 15 is 0 Å². The summed E-state index contributed by atoms with van der Waals surface area (Å²) < 4.78 is 0. The highest BCUT2D eigenvalue weighted by Crippen LogP contribution is 2.23. The molecule has 2 heterocycles. The second-order valence-electron chi connectivity index (χ2n) is 3.48. The molecule has 8 heteroatoms. The summed E-state index contributed by atoms with van der Waals surface area (Å²) >= 11 is 22.3. The number of rotatable bonds is 0. The van der Waals surface area contributed by atoms with Crippen LogP contribution in [0.3, 0.4) is 0 Å². The number of fused-ring (bicyclic) bond motifs is 1. The molecular formula is C12H6Cl4N4.